The molecule has 2 aliphatic carbocycles. The predicted molar refractivity (Wildman–Crippen MR) is 108 cm³/mol. The second-order valence-corrected chi connectivity index (χ2v) is 8.21. The third-order valence-electron chi connectivity index (χ3n) is 5.80. The second kappa shape index (κ2) is 8.39. The van der Waals surface area contributed by atoms with E-state index in [1.165, 1.54) is 19.3 Å². The first-order valence-electron chi connectivity index (χ1n) is 10.3. The average molecular weight is 383 g/mol. The Morgan fingerprint density at radius 1 is 1.29 bits per heavy atom. The fraction of sp³-hybridized carbons (Fsp3) is 0.522. The molecule has 1 amide bonds. The van der Waals surface area contributed by atoms with Crippen molar-refractivity contribution in [2.24, 2.45) is 5.92 Å². The van der Waals surface area contributed by atoms with Crippen LogP contribution in [0.25, 0.3) is 0 Å². The third kappa shape index (κ3) is 4.96. The highest BCUT2D eigenvalue weighted by Crippen LogP contribution is 2.47. The SMILES string of the molecule is COc1cccc(CCNC(=O)CN(Cc2ccc(C3CC3C)o2)C2CC2)c1. The maximum Gasteiger partial charge on any atom is 0.234 e. The van der Waals surface area contributed by atoms with Crippen molar-refractivity contribution in [3.8, 4) is 5.75 Å². The van der Waals surface area contributed by atoms with Gasteiger partial charge in [0, 0.05) is 18.5 Å². The highest BCUT2D eigenvalue weighted by molar-refractivity contribution is 5.78. The summed E-state index contributed by atoms with van der Waals surface area (Å²) in [6.07, 6.45) is 4.37. The van der Waals surface area contributed by atoms with Crippen LogP contribution in [0, 0.1) is 5.92 Å². The van der Waals surface area contributed by atoms with Crippen LogP contribution in [0.3, 0.4) is 0 Å². The van der Waals surface area contributed by atoms with Gasteiger partial charge in [0.25, 0.3) is 0 Å². The molecule has 5 heteroatoms. The van der Waals surface area contributed by atoms with Gasteiger partial charge in [0.1, 0.15) is 17.3 Å². The Morgan fingerprint density at radius 2 is 2.11 bits per heavy atom. The Bertz CT molecular complexity index is 812. The molecule has 1 aromatic heterocycles. The lowest BCUT2D eigenvalue weighted by molar-refractivity contribution is -0.122. The number of amides is 1. The maximum absolute atomic E-state index is 12.4. The van der Waals surface area contributed by atoms with Gasteiger partial charge in [-0.15, -0.1) is 0 Å². The number of carbonyl (C=O) groups is 1. The van der Waals surface area contributed by atoms with E-state index >= 15 is 0 Å². The van der Waals surface area contributed by atoms with Gasteiger partial charge in [0.15, 0.2) is 0 Å². The summed E-state index contributed by atoms with van der Waals surface area (Å²) >= 11 is 0. The van der Waals surface area contributed by atoms with Gasteiger partial charge < -0.3 is 14.5 Å². The summed E-state index contributed by atoms with van der Waals surface area (Å²) in [5.74, 6) is 4.36. The number of rotatable bonds is 10. The van der Waals surface area contributed by atoms with Gasteiger partial charge in [0.2, 0.25) is 5.91 Å². The largest absolute Gasteiger partial charge is 0.497 e. The molecule has 0 aliphatic heterocycles. The Kier molecular flexibility index (Phi) is 5.72. The molecule has 2 unspecified atom stereocenters. The molecule has 2 aliphatic rings. The normalized spacial score (nSPS) is 21.0. The Morgan fingerprint density at radius 3 is 2.82 bits per heavy atom. The van der Waals surface area contributed by atoms with Gasteiger partial charge in [-0.3, -0.25) is 9.69 Å². The maximum atomic E-state index is 12.4. The van der Waals surface area contributed by atoms with Crippen LogP contribution in [0.5, 0.6) is 5.75 Å². The van der Waals surface area contributed by atoms with Gasteiger partial charge in [-0.05, 0) is 61.4 Å². The minimum Gasteiger partial charge on any atom is -0.497 e. The van der Waals surface area contributed by atoms with Gasteiger partial charge >= 0.3 is 0 Å². The fourth-order valence-electron chi connectivity index (χ4n) is 3.77. The minimum absolute atomic E-state index is 0.0809. The zero-order valence-electron chi connectivity index (χ0n) is 16.8. The van der Waals surface area contributed by atoms with Crippen LogP contribution in [0.2, 0.25) is 0 Å². The number of nitrogens with one attached hydrogen (secondary N) is 1. The lowest BCUT2D eigenvalue weighted by Gasteiger charge is -2.20. The summed E-state index contributed by atoms with van der Waals surface area (Å²) in [4.78, 5) is 14.7. The van der Waals surface area contributed by atoms with Crippen molar-refractivity contribution in [3.05, 3.63) is 53.5 Å². The Hall–Kier alpha value is -2.27. The fourth-order valence-corrected chi connectivity index (χ4v) is 3.77. The smallest absolute Gasteiger partial charge is 0.234 e. The van der Waals surface area contributed by atoms with Gasteiger partial charge in [-0.2, -0.15) is 0 Å². The van der Waals surface area contributed by atoms with Crippen molar-refractivity contribution in [2.75, 3.05) is 20.2 Å². The summed E-state index contributed by atoms with van der Waals surface area (Å²) in [5.41, 5.74) is 1.16. The van der Waals surface area contributed by atoms with Crippen molar-refractivity contribution in [2.45, 2.75) is 51.1 Å². The van der Waals surface area contributed by atoms with Gasteiger partial charge in [-0.1, -0.05) is 19.1 Å². The second-order valence-electron chi connectivity index (χ2n) is 8.21. The molecule has 2 fully saturated rings. The third-order valence-corrected chi connectivity index (χ3v) is 5.80. The Labute approximate surface area is 167 Å². The van der Waals surface area contributed by atoms with E-state index in [2.05, 4.69) is 35.3 Å². The predicted octanol–water partition coefficient (Wildman–Crippen LogP) is 3.73. The highest BCUT2D eigenvalue weighted by atomic mass is 16.5. The standard InChI is InChI=1S/C23H30N2O3/c1-16-12-21(16)22-9-8-20(28-22)14-25(18-6-7-18)15-23(26)24-11-10-17-4-3-5-19(13-17)27-2/h3-5,8-9,13,16,18,21H,6-7,10-12,14-15H2,1-2H3,(H,24,26). The van der Waals surface area contributed by atoms with Crippen molar-refractivity contribution in [3.63, 3.8) is 0 Å². The van der Waals surface area contributed by atoms with Crippen LogP contribution in [0.4, 0.5) is 0 Å². The summed E-state index contributed by atoms with van der Waals surface area (Å²) in [5, 5.41) is 3.05. The molecule has 28 heavy (non-hydrogen) atoms. The minimum atomic E-state index is 0.0809. The zero-order valence-corrected chi connectivity index (χ0v) is 16.8. The van der Waals surface area contributed by atoms with Gasteiger partial charge in [-0.25, -0.2) is 0 Å². The number of methoxy groups -OCH3 is 1. The molecule has 0 bridgehead atoms. The number of hydrogen-bond donors (Lipinski definition) is 1. The van der Waals surface area contributed by atoms with Crippen LogP contribution in [-0.4, -0.2) is 37.0 Å². The van der Waals surface area contributed by atoms with E-state index in [-0.39, 0.29) is 5.91 Å². The molecule has 150 valence electrons. The lowest BCUT2D eigenvalue weighted by atomic mass is 10.1. The van der Waals surface area contributed by atoms with Crippen LogP contribution in [0.15, 0.2) is 40.8 Å². The molecule has 1 aromatic carbocycles. The molecule has 2 saturated carbocycles. The van der Waals surface area contributed by atoms with E-state index < -0.39 is 0 Å². The number of furan rings is 1. The van der Waals surface area contributed by atoms with Crippen LogP contribution < -0.4 is 10.1 Å². The van der Waals surface area contributed by atoms with E-state index in [0.29, 0.717) is 25.0 Å². The molecule has 0 radical (unpaired) electrons. The molecule has 2 aromatic rings. The van der Waals surface area contributed by atoms with Crippen molar-refractivity contribution < 1.29 is 13.9 Å². The molecular weight excluding hydrogens is 352 g/mol. The summed E-state index contributed by atoms with van der Waals surface area (Å²) in [6.45, 7) is 4.04. The number of benzene rings is 1. The zero-order chi connectivity index (χ0) is 19.5. The van der Waals surface area contributed by atoms with E-state index in [4.69, 9.17) is 9.15 Å². The monoisotopic (exact) mass is 382 g/mol. The number of nitrogens with zero attached hydrogens (tertiary/aromatic N) is 1. The molecule has 5 nitrogen and oxygen atoms in total. The topological polar surface area (TPSA) is 54.7 Å². The van der Waals surface area contributed by atoms with E-state index in [1.54, 1.807) is 7.11 Å². The van der Waals surface area contributed by atoms with Crippen molar-refractivity contribution in [1.82, 2.24) is 10.2 Å². The van der Waals surface area contributed by atoms with E-state index in [9.17, 15) is 4.79 Å². The summed E-state index contributed by atoms with van der Waals surface area (Å²) < 4.78 is 11.3. The Balaban J connectivity index is 1.25. The number of carbonyl (C=O) groups excluding carboxylic acids is 1. The summed E-state index contributed by atoms with van der Waals surface area (Å²) in [6, 6.07) is 12.7. The molecule has 2 atom stereocenters. The first-order chi connectivity index (χ1) is 13.6. The lowest BCUT2D eigenvalue weighted by Crippen LogP contribution is -2.38. The van der Waals surface area contributed by atoms with Crippen LogP contribution >= 0.6 is 0 Å². The highest BCUT2D eigenvalue weighted by Gasteiger charge is 2.37. The van der Waals surface area contributed by atoms with E-state index in [1.807, 2.05) is 18.2 Å². The van der Waals surface area contributed by atoms with Crippen LogP contribution in [0.1, 0.15) is 49.2 Å². The van der Waals surface area contributed by atoms with Crippen molar-refractivity contribution in [1.29, 1.82) is 0 Å². The van der Waals surface area contributed by atoms with Gasteiger partial charge in [0.05, 0.1) is 20.2 Å². The molecule has 4 rings (SSSR count). The first-order valence-corrected chi connectivity index (χ1v) is 10.3. The molecular formula is C23H30N2O3. The quantitative estimate of drug-likeness (QED) is 0.680. The average Bonchev–Trinajstić information content (AvgIpc) is 3.61. The molecule has 0 saturated heterocycles. The molecule has 1 heterocycles. The van der Waals surface area contributed by atoms with Crippen LogP contribution in [-0.2, 0) is 17.8 Å². The number of hydrogen-bond acceptors (Lipinski definition) is 4. The molecule has 0 spiro atoms. The summed E-state index contributed by atoms with van der Waals surface area (Å²) in [7, 11) is 1.67. The number of ether oxygens (including phenoxy) is 1. The molecule has 1 N–H and O–H groups in total. The van der Waals surface area contributed by atoms with E-state index in [0.717, 1.165) is 41.7 Å². The first kappa shape index (κ1) is 19.1. The van der Waals surface area contributed by atoms with Crippen molar-refractivity contribution >= 4 is 5.91 Å².